The Balaban J connectivity index is 1.92. The number of carboxylic acids is 1. The molecule has 0 bridgehead atoms. The third-order valence-electron chi connectivity index (χ3n) is 3.76. The lowest BCUT2D eigenvalue weighted by Gasteiger charge is -2.18. The molecule has 1 saturated carbocycles. The van der Waals surface area contributed by atoms with E-state index in [2.05, 4.69) is 5.32 Å². The highest BCUT2D eigenvalue weighted by Gasteiger charge is 2.34. The first kappa shape index (κ1) is 14.1. The number of carbonyl (C=O) groups is 2. The van der Waals surface area contributed by atoms with Crippen LogP contribution in [0.15, 0.2) is 17.5 Å². The van der Waals surface area contributed by atoms with Gasteiger partial charge in [-0.25, -0.2) is 0 Å². The molecule has 19 heavy (non-hydrogen) atoms. The number of carbonyl (C=O) groups excluding carboxylic acids is 1. The standard InChI is InChI=1S/C14H19NO3S/c1-2-11(12-4-3-7-19-12)15-13(16)9-5-6-10(8-9)14(17)18/h3-4,7,9-11H,2,5-6,8H2,1H3,(H,15,16)(H,17,18)/t9-,10+,11?/m1/s1. The first-order valence-corrected chi connectivity index (χ1v) is 7.56. The fraction of sp³-hybridized carbons (Fsp3) is 0.571. The second-order valence-corrected chi connectivity index (χ2v) is 6.01. The van der Waals surface area contributed by atoms with Crippen molar-refractivity contribution in [1.29, 1.82) is 0 Å². The van der Waals surface area contributed by atoms with Gasteiger partial charge in [0.15, 0.2) is 0 Å². The van der Waals surface area contributed by atoms with Crippen molar-refractivity contribution in [3.63, 3.8) is 0 Å². The van der Waals surface area contributed by atoms with Crippen LogP contribution in [0.4, 0.5) is 0 Å². The predicted octanol–water partition coefficient (Wildman–Crippen LogP) is 2.82. The lowest BCUT2D eigenvalue weighted by Crippen LogP contribution is -2.32. The van der Waals surface area contributed by atoms with Gasteiger partial charge in [-0.1, -0.05) is 13.0 Å². The monoisotopic (exact) mass is 281 g/mol. The maximum atomic E-state index is 12.2. The molecule has 4 nitrogen and oxygen atoms in total. The highest BCUT2D eigenvalue weighted by atomic mass is 32.1. The lowest BCUT2D eigenvalue weighted by molar-refractivity contribution is -0.141. The molecule has 2 N–H and O–H groups in total. The maximum absolute atomic E-state index is 12.2. The molecule has 1 fully saturated rings. The summed E-state index contributed by atoms with van der Waals surface area (Å²) in [6.07, 6.45) is 2.62. The van der Waals surface area contributed by atoms with E-state index in [0.29, 0.717) is 19.3 Å². The molecule has 0 spiro atoms. The summed E-state index contributed by atoms with van der Waals surface area (Å²) in [5.74, 6) is -1.27. The Labute approximate surface area is 116 Å². The van der Waals surface area contributed by atoms with Crippen LogP contribution in [0.5, 0.6) is 0 Å². The molecule has 3 atom stereocenters. The second kappa shape index (κ2) is 6.19. The van der Waals surface area contributed by atoms with Crippen molar-refractivity contribution in [3.05, 3.63) is 22.4 Å². The van der Waals surface area contributed by atoms with Gasteiger partial charge in [-0.3, -0.25) is 9.59 Å². The van der Waals surface area contributed by atoms with Gasteiger partial charge >= 0.3 is 5.97 Å². The van der Waals surface area contributed by atoms with Crippen LogP contribution in [-0.2, 0) is 9.59 Å². The summed E-state index contributed by atoms with van der Waals surface area (Å²) in [5, 5.41) is 14.0. The summed E-state index contributed by atoms with van der Waals surface area (Å²) in [4.78, 5) is 24.2. The van der Waals surface area contributed by atoms with Crippen LogP contribution in [0, 0.1) is 11.8 Å². The van der Waals surface area contributed by atoms with Gasteiger partial charge in [-0.05, 0) is 37.1 Å². The molecule has 1 heterocycles. The number of carboxylic acid groups (broad SMARTS) is 1. The zero-order valence-corrected chi connectivity index (χ0v) is 11.8. The Morgan fingerprint density at radius 2 is 2.21 bits per heavy atom. The number of hydrogen-bond acceptors (Lipinski definition) is 3. The molecule has 0 aromatic carbocycles. The average molecular weight is 281 g/mol. The molecule has 2 rings (SSSR count). The molecule has 0 radical (unpaired) electrons. The van der Waals surface area contributed by atoms with Crippen molar-refractivity contribution < 1.29 is 14.7 Å². The van der Waals surface area contributed by atoms with Gasteiger partial charge in [0.25, 0.3) is 0 Å². The van der Waals surface area contributed by atoms with E-state index in [9.17, 15) is 9.59 Å². The van der Waals surface area contributed by atoms with Crippen molar-refractivity contribution in [1.82, 2.24) is 5.32 Å². The molecule has 1 aromatic heterocycles. The van der Waals surface area contributed by atoms with Gasteiger partial charge in [0, 0.05) is 10.8 Å². The van der Waals surface area contributed by atoms with E-state index < -0.39 is 5.97 Å². The van der Waals surface area contributed by atoms with Gasteiger partial charge < -0.3 is 10.4 Å². The third kappa shape index (κ3) is 3.35. The van der Waals surface area contributed by atoms with E-state index in [1.807, 2.05) is 24.4 Å². The number of aliphatic carboxylic acids is 1. The Bertz CT molecular complexity index is 444. The number of rotatable bonds is 5. The molecular weight excluding hydrogens is 262 g/mol. The smallest absolute Gasteiger partial charge is 0.306 e. The van der Waals surface area contributed by atoms with Crippen molar-refractivity contribution in [2.75, 3.05) is 0 Å². The van der Waals surface area contributed by atoms with Crippen LogP contribution in [0.2, 0.25) is 0 Å². The average Bonchev–Trinajstić information content (AvgIpc) is 3.05. The number of nitrogens with one attached hydrogen (secondary N) is 1. The zero-order chi connectivity index (χ0) is 13.8. The number of hydrogen-bond donors (Lipinski definition) is 2. The first-order chi connectivity index (χ1) is 9.11. The molecule has 5 heteroatoms. The van der Waals surface area contributed by atoms with Crippen LogP contribution in [0.25, 0.3) is 0 Å². The molecular formula is C14H19NO3S. The lowest BCUT2D eigenvalue weighted by atomic mass is 10.0. The van der Waals surface area contributed by atoms with E-state index in [1.54, 1.807) is 11.3 Å². The van der Waals surface area contributed by atoms with Gasteiger partial charge in [-0.15, -0.1) is 11.3 Å². The van der Waals surface area contributed by atoms with Crippen molar-refractivity contribution in [3.8, 4) is 0 Å². The van der Waals surface area contributed by atoms with E-state index in [4.69, 9.17) is 5.11 Å². The Morgan fingerprint density at radius 1 is 1.47 bits per heavy atom. The van der Waals surface area contributed by atoms with E-state index in [-0.39, 0.29) is 23.8 Å². The van der Waals surface area contributed by atoms with Crippen LogP contribution >= 0.6 is 11.3 Å². The first-order valence-electron chi connectivity index (χ1n) is 6.68. The third-order valence-corrected chi connectivity index (χ3v) is 4.75. The summed E-state index contributed by atoms with van der Waals surface area (Å²) in [7, 11) is 0. The summed E-state index contributed by atoms with van der Waals surface area (Å²) < 4.78 is 0. The van der Waals surface area contributed by atoms with E-state index >= 15 is 0 Å². The van der Waals surface area contributed by atoms with Crippen LogP contribution in [-0.4, -0.2) is 17.0 Å². The molecule has 1 unspecified atom stereocenters. The van der Waals surface area contributed by atoms with Crippen molar-refractivity contribution >= 4 is 23.2 Å². The van der Waals surface area contributed by atoms with Gasteiger partial charge in [0.05, 0.1) is 12.0 Å². The minimum atomic E-state index is -0.777. The van der Waals surface area contributed by atoms with Crippen molar-refractivity contribution in [2.24, 2.45) is 11.8 Å². The molecule has 1 aliphatic rings. The highest BCUT2D eigenvalue weighted by Crippen LogP contribution is 2.32. The topological polar surface area (TPSA) is 66.4 Å². The largest absolute Gasteiger partial charge is 0.481 e. The van der Waals surface area contributed by atoms with E-state index in [0.717, 1.165) is 11.3 Å². The SMILES string of the molecule is CCC(NC(=O)[C@@H]1CC[C@H](C(=O)O)C1)c1cccs1. The minimum absolute atomic E-state index is 0.00370. The fourth-order valence-electron chi connectivity index (χ4n) is 2.60. The zero-order valence-electron chi connectivity index (χ0n) is 11.0. The number of thiophene rings is 1. The fourth-order valence-corrected chi connectivity index (χ4v) is 3.46. The highest BCUT2D eigenvalue weighted by molar-refractivity contribution is 7.10. The molecule has 1 amide bonds. The van der Waals surface area contributed by atoms with Crippen LogP contribution in [0.1, 0.15) is 43.5 Å². The summed E-state index contributed by atoms with van der Waals surface area (Å²) >= 11 is 1.64. The normalized spacial score (nSPS) is 24.1. The Hall–Kier alpha value is -1.36. The molecule has 104 valence electrons. The van der Waals surface area contributed by atoms with Gasteiger partial charge in [0.2, 0.25) is 5.91 Å². The number of amides is 1. The Morgan fingerprint density at radius 3 is 2.74 bits per heavy atom. The van der Waals surface area contributed by atoms with Gasteiger partial charge in [0.1, 0.15) is 0 Å². The van der Waals surface area contributed by atoms with E-state index in [1.165, 1.54) is 0 Å². The quantitative estimate of drug-likeness (QED) is 0.872. The summed E-state index contributed by atoms with van der Waals surface area (Å²) in [5.41, 5.74) is 0. The Kier molecular flexibility index (Phi) is 4.58. The van der Waals surface area contributed by atoms with Crippen LogP contribution in [0.3, 0.4) is 0 Å². The van der Waals surface area contributed by atoms with Crippen molar-refractivity contribution in [2.45, 2.75) is 38.6 Å². The maximum Gasteiger partial charge on any atom is 0.306 e. The van der Waals surface area contributed by atoms with Gasteiger partial charge in [-0.2, -0.15) is 0 Å². The summed E-state index contributed by atoms with van der Waals surface area (Å²) in [6.45, 7) is 2.04. The minimum Gasteiger partial charge on any atom is -0.481 e. The molecule has 0 aliphatic heterocycles. The molecule has 1 aromatic rings. The predicted molar refractivity (Wildman–Crippen MR) is 74.0 cm³/mol. The van der Waals surface area contributed by atoms with Crippen LogP contribution < -0.4 is 5.32 Å². The second-order valence-electron chi connectivity index (χ2n) is 5.03. The molecule has 0 saturated heterocycles. The summed E-state index contributed by atoms with van der Waals surface area (Å²) in [6, 6.07) is 4.05. The molecule has 1 aliphatic carbocycles.